The number of fused-ring (bicyclic) bond motifs is 9. The van der Waals surface area contributed by atoms with Gasteiger partial charge >= 0.3 is 0 Å². The molecule has 0 bridgehead atoms. The van der Waals surface area contributed by atoms with Crippen molar-refractivity contribution < 1.29 is 0 Å². The molecule has 0 spiro atoms. The number of nitrogens with zero attached hydrogens (tertiary/aromatic N) is 3. The Kier molecular flexibility index (Phi) is 5.85. The number of para-hydroxylation sites is 1. The molecule has 0 amide bonds. The summed E-state index contributed by atoms with van der Waals surface area (Å²) in [6.07, 6.45) is -0.280. The second-order valence-corrected chi connectivity index (χ2v) is 12.8. The van der Waals surface area contributed by atoms with Crippen LogP contribution in [0.3, 0.4) is 0 Å². The van der Waals surface area contributed by atoms with Gasteiger partial charge in [-0.1, -0.05) is 140 Å². The zero-order valence-electron chi connectivity index (χ0n) is 26.5. The zero-order valence-corrected chi connectivity index (χ0v) is 26.5. The number of aromatic nitrogens is 1. The van der Waals surface area contributed by atoms with Crippen molar-refractivity contribution in [1.82, 2.24) is 9.47 Å². The molecule has 1 atom stereocenters. The molecule has 0 saturated carbocycles. The van der Waals surface area contributed by atoms with Gasteiger partial charge in [-0.25, -0.2) is 4.99 Å². The lowest BCUT2D eigenvalue weighted by molar-refractivity contribution is 0.271. The van der Waals surface area contributed by atoms with Gasteiger partial charge in [0, 0.05) is 23.0 Å². The second-order valence-electron chi connectivity index (χ2n) is 12.8. The number of benzene rings is 8. The third-order valence-corrected chi connectivity index (χ3v) is 10.2. The van der Waals surface area contributed by atoms with Crippen LogP contribution in [0, 0.1) is 0 Å². The van der Waals surface area contributed by atoms with Crippen molar-refractivity contribution in [1.29, 1.82) is 0 Å². The average Bonchev–Trinajstić information content (AvgIpc) is 3.50. The predicted molar refractivity (Wildman–Crippen MR) is 200 cm³/mol. The smallest absolute Gasteiger partial charge is 0.203 e. The fourth-order valence-corrected chi connectivity index (χ4v) is 7.91. The van der Waals surface area contributed by atoms with Crippen LogP contribution in [-0.2, 0) is 0 Å². The molecule has 0 aliphatic carbocycles. The van der Waals surface area contributed by atoms with Crippen LogP contribution >= 0.6 is 0 Å². The Hall–Kier alpha value is -6.19. The van der Waals surface area contributed by atoms with Gasteiger partial charge in [0.05, 0.1) is 22.1 Å². The largest absolute Gasteiger partial charge is 0.335 e. The monoisotopic (exact) mass is 613 g/mol. The van der Waals surface area contributed by atoms with E-state index in [0.29, 0.717) is 0 Å². The van der Waals surface area contributed by atoms with Crippen LogP contribution in [0.25, 0.3) is 70.9 Å². The molecule has 1 unspecified atom stereocenters. The van der Waals surface area contributed by atoms with Crippen LogP contribution in [0.2, 0.25) is 0 Å². The third-order valence-electron chi connectivity index (χ3n) is 10.2. The predicted octanol–water partition coefficient (Wildman–Crippen LogP) is 9.80. The van der Waals surface area contributed by atoms with E-state index in [9.17, 15) is 0 Å². The van der Waals surface area contributed by atoms with Gasteiger partial charge < -0.3 is 9.47 Å². The molecule has 9 aromatic rings. The Bertz CT molecular complexity index is 2770. The van der Waals surface area contributed by atoms with Crippen molar-refractivity contribution in [3.63, 3.8) is 0 Å². The molecule has 0 fully saturated rings. The van der Waals surface area contributed by atoms with Gasteiger partial charge in [0.1, 0.15) is 0 Å². The van der Waals surface area contributed by atoms with Crippen LogP contribution in [-0.4, -0.2) is 16.5 Å². The number of hydrogen-bond acceptors (Lipinski definition) is 2. The lowest BCUT2D eigenvalue weighted by atomic mass is 9.98. The fourth-order valence-electron chi connectivity index (χ4n) is 7.91. The lowest BCUT2D eigenvalue weighted by Gasteiger charge is -2.34. The summed E-state index contributed by atoms with van der Waals surface area (Å²) in [5.41, 5.74) is 7.15. The van der Waals surface area contributed by atoms with Gasteiger partial charge in [0.25, 0.3) is 0 Å². The van der Waals surface area contributed by atoms with Crippen molar-refractivity contribution in [3.05, 3.63) is 180 Å². The summed E-state index contributed by atoms with van der Waals surface area (Å²) in [4.78, 5) is 7.82. The average molecular weight is 614 g/mol. The minimum absolute atomic E-state index is 0.280. The molecule has 1 aliphatic heterocycles. The first-order chi connectivity index (χ1) is 23.7. The van der Waals surface area contributed by atoms with E-state index >= 15 is 0 Å². The molecule has 3 nitrogen and oxygen atoms in total. The molecule has 1 aromatic heterocycles. The van der Waals surface area contributed by atoms with E-state index in [4.69, 9.17) is 4.99 Å². The van der Waals surface area contributed by atoms with E-state index in [-0.39, 0.29) is 6.29 Å². The summed E-state index contributed by atoms with van der Waals surface area (Å²) in [5.74, 6) is 0. The highest BCUT2D eigenvalue weighted by molar-refractivity contribution is 6.28. The summed E-state index contributed by atoms with van der Waals surface area (Å²) in [6.45, 7) is 0. The molecule has 8 aromatic carbocycles. The third kappa shape index (κ3) is 3.98. The van der Waals surface area contributed by atoms with Crippen LogP contribution in [0.15, 0.2) is 169 Å². The summed E-state index contributed by atoms with van der Waals surface area (Å²) in [6, 6.07) is 59.4. The van der Waals surface area contributed by atoms with Gasteiger partial charge in [0.2, 0.25) is 6.29 Å². The maximum Gasteiger partial charge on any atom is 0.203 e. The molecule has 48 heavy (non-hydrogen) atoms. The van der Waals surface area contributed by atoms with Crippen molar-refractivity contribution in [3.8, 4) is 11.1 Å². The molecule has 0 N–H and O–H groups in total. The molecular formula is C45H31N3. The van der Waals surface area contributed by atoms with E-state index in [1.165, 1.54) is 76.5 Å². The molecule has 1 aliphatic rings. The van der Waals surface area contributed by atoms with Gasteiger partial charge in [-0.15, -0.1) is 0 Å². The Morgan fingerprint density at radius 1 is 0.458 bits per heavy atom. The maximum atomic E-state index is 5.47. The molecule has 2 heterocycles. The molecule has 0 saturated heterocycles. The Labute approximate surface area is 277 Å². The van der Waals surface area contributed by atoms with Crippen LogP contribution in [0.5, 0.6) is 0 Å². The molecular weight excluding hydrogens is 583 g/mol. The van der Waals surface area contributed by atoms with Crippen LogP contribution in [0.4, 0.5) is 0 Å². The topological polar surface area (TPSA) is 20.5 Å². The molecule has 3 heteroatoms. The van der Waals surface area contributed by atoms with Gasteiger partial charge in [-0.05, 0) is 73.3 Å². The van der Waals surface area contributed by atoms with Gasteiger partial charge in [-0.2, -0.15) is 0 Å². The first-order valence-electron chi connectivity index (χ1n) is 16.6. The van der Waals surface area contributed by atoms with Crippen molar-refractivity contribution in [2.45, 2.75) is 6.29 Å². The quantitative estimate of drug-likeness (QED) is 0.194. The van der Waals surface area contributed by atoms with Crippen molar-refractivity contribution in [2.75, 3.05) is 7.05 Å². The molecule has 0 radical (unpaired) electrons. The van der Waals surface area contributed by atoms with E-state index in [2.05, 4.69) is 180 Å². The first kappa shape index (κ1) is 27.0. The lowest BCUT2D eigenvalue weighted by Crippen LogP contribution is -2.42. The fraction of sp³-hybridized carbons (Fsp3) is 0.0444. The van der Waals surface area contributed by atoms with E-state index < -0.39 is 0 Å². The number of hydrogen-bond donors (Lipinski definition) is 0. The van der Waals surface area contributed by atoms with E-state index in [0.717, 1.165) is 10.6 Å². The van der Waals surface area contributed by atoms with Gasteiger partial charge in [-0.3, -0.25) is 0 Å². The first-order valence-corrected chi connectivity index (χ1v) is 16.6. The van der Waals surface area contributed by atoms with Gasteiger partial charge in [0.15, 0.2) is 0 Å². The summed E-state index contributed by atoms with van der Waals surface area (Å²) >= 11 is 0. The van der Waals surface area contributed by atoms with E-state index in [1.54, 1.807) is 0 Å². The Balaban J connectivity index is 1.18. The summed E-state index contributed by atoms with van der Waals surface area (Å²) < 4.78 is 2.45. The van der Waals surface area contributed by atoms with Crippen LogP contribution < -0.4 is 10.6 Å². The second kappa shape index (κ2) is 10.4. The Morgan fingerprint density at radius 3 is 1.67 bits per heavy atom. The molecule has 10 rings (SSSR count). The van der Waals surface area contributed by atoms with Crippen LogP contribution in [0.1, 0.15) is 11.9 Å². The van der Waals surface area contributed by atoms with Crippen molar-refractivity contribution in [2.24, 2.45) is 4.99 Å². The molecule has 226 valence electrons. The number of rotatable bonds is 3. The zero-order chi connectivity index (χ0) is 31.8. The minimum atomic E-state index is -0.280. The summed E-state index contributed by atoms with van der Waals surface area (Å²) in [5, 5.41) is 12.2. The Morgan fingerprint density at radius 2 is 0.979 bits per heavy atom. The highest BCUT2D eigenvalue weighted by atomic mass is 15.4. The summed E-state index contributed by atoms with van der Waals surface area (Å²) in [7, 11) is 2.19. The van der Waals surface area contributed by atoms with Crippen molar-refractivity contribution >= 4 is 59.8 Å². The normalized spacial score (nSPS) is 14.6. The SMILES string of the molecule is CN1C(c2ccc(-c3ccc4ccccc4c3)cc2)=c2ccccc2=NC1n1c2ccc3ccccc3c2c2c3ccccc3ccc21. The highest BCUT2D eigenvalue weighted by Crippen LogP contribution is 2.42. The highest BCUT2D eigenvalue weighted by Gasteiger charge is 2.28. The minimum Gasteiger partial charge on any atom is -0.335 e. The maximum absolute atomic E-state index is 5.47. The van der Waals surface area contributed by atoms with E-state index in [1.807, 2.05) is 0 Å². The standard InChI is InChI=1S/C45H31N3/c1-47-44(33-21-18-30(19-22-33)35-23-20-29-10-2-3-13-34(29)28-35)38-16-8-9-17-39(38)46-45(47)48-40-26-24-31-11-4-6-14-36(31)42(40)43-37-15-7-5-12-32(37)25-27-41(43)48/h2-28,45H,1H3.